The van der Waals surface area contributed by atoms with Gasteiger partial charge < -0.3 is 19.5 Å². The third-order valence-electron chi connectivity index (χ3n) is 4.62. The fourth-order valence-electron chi connectivity index (χ4n) is 2.99. The van der Waals surface area contributed by atoms with Gasteiger partial charge >= 0.3 is 12.1 Å². The zero-order valence-corrected chi connectivity index (χ0v) is 17.9. The lowest BCUT2D eigenvalue weighted by Gasteiger charge is -2.30. The lowest BCUT2D eigenvalue weighted by molar-refractivity contribution is -0.142. The monoisotopic (exact) mass is 419 g/mol. The minimum Gasteiger partial charge on any atom is -0.469 e. The number of esters is 1. The van der Waals surface area contributed by atoms with E-state index in [9.17, 15) is 19.5 Å². The number of ketones is 1. The van der Waals surface area contributed by atoms with Gasteiger partial charge in [-0.25, -0.2) is 4.79 Å². The summed E-state index contributed by atoms with van der Waals surface area (Å²) in [5, 5.41) is 9.46. The van der Waals surface area contributed by atoms with E-state index in [-0.39, 0.29) is 38.0 Å². The molecule has 166 valence electrons. The number of unbranched alkanes of at least 4 members (excludes halogenated alkanes) is 2. The standard InChI is InChI=1S/C23H33NO6/c1-3-4-6-12-20(13-9-14-21(26)17-22(27)29-2)24(15-16-25)23(28)30-18-19-10-7-5-8-11-19/h5,7-11,14,20,25H,3-4,6,12-13,15-18H2,1-2H3/b14-9+/t20-/m0/s1. The highest BCUT2D eigenvalue weighted by Crippen LogP contribution is 2.16. The Hall–Kier alpha value is -2.67. The van der Waals surface area contributed by atoms with Gasteiger partial charge in [0.1, 0.15) is 13.0 Å². The van der Waals surface area contributed by atoms with Gasteiger partial charge in [0, 0.05) is 12.6 Å². The van der Waals surface area contributed by atoms with Crippen molar-refractivity contribution in [3.8, 4) is 0 Å². The van der Waals surface area contributed by atoms with Crippen LogP contribution in [-0.4, -0.2) is 54.2 Å². The summed E-state index contributed by atoms with van der Waals surface area (Å²) in [6, 6.07) is 9.17. The average Bonchev–Trinajstić information content (AvgIpc) is 2.75. The third kappa shape index (κ3) is 10.2. The van der Waals surface area contributed by atoms with Crippen LogP contribution in [0.2, 0.25) is 0 Å². The van der Waals surface area contributed by atoms with Crippen molar-refractivity contribution < 1.29 is 29.0 Å². The summed E-state index contributed by atoms with van der Waals surface area (Å²) in [6.07, 6.45) is 6.33. The molecule has 1 aromatic carbocycles. The molecule has 1 rings (SSSR count). The summed E-state index contributed by atoms with van der Waals surface area (Å²) in [5.74, 6) is -0.940. The number of benzene rings is 1. The fraction of sp³-hybridized carbons (Fsp3) is 0.522. The maximum Gasteiger partial charge on any atom is 0.410 e. The Kier molecular flexibility index (Phi) is 12.9. The largest absolute Gasteiger partial charge is 0.469 e. The molecule has 0 saturated carbocycles. The molecule has 0 aromatic heterocycles. The van der Waals surface area contributed by atoms with Crippen LogP contribution in [0.5, 0.6) is 0 Å². The number of aliphatic hydroxyl groups is 1. The predicted octanol–water partition coefficient (Wildman–Crippen LogP) is 3.64. The van der Waals surface area contributed by atoms with Crippen LogP contribution in [0.25, 0.3) is 0 Å². The number of carbonyl (C=O) groups is 3. The summed E-state index contributed by atoms with van der Waals surface area (Å²) >= 11 is 0. The van der Waals surface area contributed by atoms with Crippen LogP contribution in [0.4, 0.5) is 4.79 Å². The van der Waals surface area contributed by atoms with Crippen LogP contribution in [-0.2, 0) is 25.7 Å². The number of carbonyl (C=O) groups excluding carboxylic acids is 3. The molecule has 7 nitrogen and oxygen atoms in total. The van der Waals surface area contributed by atoms with Crippen molar-refractivity contribution in [2.45, 2.75) is 58.1 Å². The molecule has 1 aromatic rings. The van der Waals surface area contributed by atoms with E-state index in [4.69, 9.17) is 4.74 Å². The number of rotatable bonds is 14. The molecular weight excluding hydrogens is 386 g/mol. The fourth-order valence-corrected chi connectivity index (χ4v) is 2.99. The van der Waals surface area contributed by atoms with Crippen molar-refractivity contribution in [2.24, 2.45) is 0 Å². The van der Waals surface area contributed by atoms with E-state index in [2.05, 4.69) is 11.7 Å². The first-order valence-corrected chi connectivity index (χ1v) is 10.4. The Morgan fingerprint density at radius 2 is 1.90 bits per heavy atom. The molecular formula is C23H33NO6. The molecule has 0 unspecified atom stereocenters. The normalized spacial score (nSPS) is 11.8. The first-order valence-electron chi connectivity index (χ1n) is 10.4. The molecule has 0 spiro atoms. The molecule has 1 N–H and O–H groups in total. The number of nitrogens with zero attached hydrogens (tertiary/aromatic N) is 1. The van der Waals surface area contributed by atoms with Gasteiger partial charge in [0.25, 0.3) is 0 Å². The second-order valence-electron chi connectivity index (χ2n) is 6.96. The van der Waals surface area contributed by atoms with E-state index in [1.807, 2.05) is 30.3 Å². The number of allylic oxidation sites excluding steroid dienone is 1. The molecule has 0 bridgehead atoms. The molecule has 0 radical (unpaired) electrons. The van der Waals surface area contributed by atoms with Crippen LogP contribution in [0, 0.1) is 0 Å². The smallest absolute Gasteiger partial charge is 0.410 e. The maximum absolute atomic E-state index is 12.7. The van der Waals surface area contributed by atoms with Crippen molar-refractivity contribution in [2.75, 3.05) is 20.3 Å². The van der Waals surface area contributed by atoms with Gasteiger partial charge in [0.2, 0.25) is 0 Å². The lowest BCUT2D eigenvalue weighted by Crippen LogP contribution is -2.42. The SMILES string of the molecule is CCCCC[C@@H](C/C=C/C(=O)CC(=O)OC)N(CCO)C(=O)OCc1ccccc1. The minimum absolute atomic E-state index is 0.147. The summed E-state index contributed by atoms with van der Waals surface area (Å²) in [4.78, 5) is 37.2. The van der Waals surface area contributed by atoms with Gasteiger partial charge in [-0.05, 0) is 24.5 Å². The van der Waals surface area contributed by atoms with Crippen molar-refractivity contribution >= 4 is 17.8 Å². The van der Waals surface area contributed by atoms with E-state index >= 15 is 0 Å². The molecule has 1 amide bonds. The number of amides is 1. The van der Waals surface area contributed by atoms with E-state index in [0.717, 1.165) is 31.2 Å². The molecule has 0 saturated heterocycles. The van der Waals surface area contributed by atoms with Crippen molar-refractivity contribution in [1.29, 1.82) is 0 Å². The number of methoxy groups -OCH3 is 1. The van der Waals surface area contributed by atoms with E-state index < -0.39 is 12.1 Å². The van der Waals surface area contributed by atoms with E-state index in [1.54, 1.807) is 6.08 Å². The Morgan fingerprint density at radius 1 is 1.17 bits per heavy atom. The Bertz CT molecular complexity index is 674. The molecule has 0 fully saturated rings. The van der Waals surface area contributed by atoms with Crippen LogP contribution in [0.3, 0.4) is 0 Å². The second kappa shape index (κ2) is 15.2. The van der Waals surface area contributed by atoms with Crippen molar-refractivity contribution in [3.63, 3.8) is 0 Å². The highest BCUT2D eigenvalue weighted by atomic mass is 16.6. The number of ether oxygens (including phenoxy) is 2. The molecule has 7 heteroatoms. The zero-order valence-electron chi connectivity index (χ0n) is 17.9. The van der Waals surface area contributed by atoms with Gasteiger partial charge in [-0.3, -0.25) is 9.59 Å². The maximum atomic E-state index is 12.7. The Morgan fingerprint density at radius 3 is 2.53 bits per heavy atom. The van der Waals surface area contributed by atoms with Gasteiger partial charge in [-0.15, -0.1) is 0 Å². The van der Waals surface area contributed by atoms with Gasteiger partial charge in [-0.2, -0.15) is 0 Å². The lowest BCUT2D eigenvalue weighted by atomic mass is 10.0. The number of hydrogen-bond acceptors (Lipinski definition) is 6. The molecule has 0 aliphatic rings. The van der Waals surface area contributed by atoms with Crippen molar-refractivity contribution in [3.05, 3.63) is 48.0 Å². The number of aliphatic hydroxyl groups excluding tert-OH is 1. The van der Waals surface area contributed by atoms with Crippen LogP contribution in [0.1, 0.15) is 51.0 Å². The topological polar surface area (TPSA) is 93.1 Å². The Labute approximate surface area is 178 Å². The molecule has 0 aliphatic heterocycles. The van der Waals surface area contributed by atoms with Gasteiger partial charge in [0.15, 0.2) is 5.78 Å². The summed E-state index contributed by atoms with van der Waals surface area (Å²) in [5.41, 5.74) is 0.880. The van der Waals surface area contributed by atoms with Crippen molar-refractivity contribution in [1.82, 2.24) is 4.90 Å². The number of hydrogen-bond donors (Lipinski definition) is 1. The average molecular weight is 420 g/mol. The molecule has 0 heterocycles. The second-order valence-corrected chi connectivity index (χ2v) is 6.96. The quantitative estimate of drug-likeness (QED) is 0.214. The highest BCUT2D eigenvalue weighted by molar-refractivity contribution is 6.01. The first-order chi connectivity index (χ1) is 14.5. The van der Waals surface area contributed by atoms with E-state index in [0.29, 0.717) is 6.42 Å². The minimum atomic E-state index is -0.587. The zero-order chi connectivity index (χ0) is 22.2. The third-order valence-corrected chi connectivity index (χ3v) is 4.62. The summed E-state index contributed by atoms with van der Waals surface area (Å²) in [6.45, 7) is 2.21. The predicted molar refractivity (Wildman–Crippen MR) is 114 cm³/mol. The van der Waals surface area contributed by atoms with Crippen LogP contribution in [0.15, 0.2) is 42.5 Å². The van der Waals surface area contributed by atoms with Crippen LogP contribution < -0.4 is 0 Å². The molecule has 1 atom stereocenters. The van der Waals surface area contributed by atoms with Crippen LogP contribution >= 0.6 is 0 Å². The van der Waals surface area contributed by atoms with E-state index in [1.165, 1.54) is 18.1 Å². The van der Waals surface area contributed by atoms with Gasteiger partial charge in [-0.1, -0.05) is 62.6 Å². The summed E-state index contributed by atoms with van der Waals surface area (Å²) < 4.78 is 9.94. The summed E-state index contributed by atoms with van der Waals surface area (Å²) in [7, 11) is 1.23. The Balaban J connectivity index is 2.78. The first kappa shape index (κ1) is 25.4. The molecule has 30 heavy (non-hydrogen) atoms. The molecule has 0 aliphatic carbocycles. The highest BCUT2D eigenvalue weighted by Gasteiger charge is 2.23. The van der Waals surface area contributed by atoms with Gasteiger partial charge in [0.05, 0.1) is 13.7 Å².